The highest BCUT2D eigenvalue weighted by atomic mass is 16.5. The Morgan fingerprint density at radius 3 is 1.73 bits per heavy atom. The molecule has 44 heavy (non-hydrogen) atoms. The standard InChI is InChI=1S/C33H54N4O7/c1-19(2)15-24(26(38)18-28(40)34-25(33(43)44-9)17-23-13-11-10-12-14-23)35-31(41)30(22(7)8)37-32(42)29(21(5)6)36-27(39)16-20(3)4/h10-14,19-22,24-26,29-30,38H,15-18H2,1-9H3,(H,34,40)(H,35,41)(H,36,39)(H,37,42)/t24-,25-,26-,29-,30-/m0/s1. The van der Waals surface area contributed by atoms with Crippen molar-refractivity contribution in [1.82, 2.24) is 21.3 Å². The van der Waals surface area contributed by atoms with E-state index in [9.17, 15) is 29.1 Å². The Morgan fingerprint density at radius 2 is 1.23 bits per heavy atom. The highest BCUT2D eigenvalue weighted by Crippen LogP contribution is 2.14. The molecular weight excluding hydrogens is 564 g/mol. The molecule has 1 aromatic carbocycles. The van der Waals surface area contributed by atoms with Gasteiger partial charge in [0.1, 0.15) is 18.1 Å². The topological polar surface area (TPSA) is 163 Å². The van der Waals surface area contributed by atoms with Crippen LogP contribution in [0.4, 0.5) is 0 Å². The molecule has 0 heterocycles. The molecule has 0 spiro atoms. The van der Waals surface area contributed by atoms with Crippen molar-refractivity contribution in [3.63, 3.8) is 0 Å². The lowest BCUT2D eigenvalue weighted by Crippen LogP contribution is -2.59. The molecule has 0 unspecified atom stereocenters. The molecule has 5 atom stereocenters. The average Bonchev–Trinajstić information content (AvgIpc) is 2.92. The summed E-state index contributed by atoms with van der Waals surface area (Å²) in [4.78, 5) is 64.4. The Morgan fingerprint density at radius 1 is 0.705 bits per heavy atom. The number of benzene rings is 1. The second-order valence-electron chi connectivity index (χ2n) is 13.0. The van der Waals surface area contributed by atoms with Crippen molar-refractivity contribution in [2.24, 2.45) is 23.7 Å². The monoisotopic (exact) mass is 618 g/mol. The van der Waals surface area contributed by atoms with Gasteiger partial charge in [-0.1, -0.05) is 85.7 Å². The Hall–Kier alpha value is -3.47. The van der Waals surface area contributed by atoms with Gasteiger partial charge in [0.25, 0.3) is 0 Å². The molecule has 0 saturated heterocycles. The van der Waals surface area contributed by atoms with E-state index in [2.05, 4.69) is 21.3 Å². The number of methoxy groups -OCH3 is 1. The van der Waals surface area contributed by atoms with Crippen molar-refractivity contribution in [2.75, 3.05) is 7.11 Å². The van der Waals surface area contributed by atoms with Gasteiger partial charge in [0.15, 0.2) is 0 Å². The number of carbonyl (C=O) groups is 5. The van der Waals surface area contributed by atoms with E-state index in [-0.39, 0.29) is 48.8 Å². The molecule has 0 saturated carbocycles. The summed E-state index contributed by atoms with van der Waals surface area (Å²) < 4.78 is 4.86. The maximum Gasteiger partial charge on any atom is 0.328 e. The lowest BCUT2D eigenvalue weighted by Gasteiger charge is -2.31. The predicted molar refractivity (Wildman–Crippen MR) is 169 cm³/mol. The zero-order valence-electron chi connectivity index (χ0n) is 27.8. The molecule has 11 nitrogen and oxygen atoms in total. The maximum atomic E-state index is 13.5. The molecule has 1 rings (SSSR count). The number of ether oxygens (including phenoxy) is 1. The van der Waals surface area contributed by atoms with Gasteiger partial charge in [0.2, 0.25) is 23.6 Å². The van der Waals surface area contributed by atoms with Crippen LogP contribution in [0.25, 0.3) is 0 Å². The van der Waals surface area contributed by atoms with Gasteiger partial charge in [0.05, 0.1) is 25.7 Å². The third-order valence-corrected chi connectivity index (χ3v) is 7.12. The largest absolute Gasteiger partial charge is 0.467 e. The fourth-order valence-corrected chi connectivity index (χ4v) is 4.78. The van der Waals surface area contributed by atoms with Gasteiger partial charge < -0.3 is 31.1 Å². The summed E-state index contributed by atoms with van der Waals surface area (Å²) in [6.07, 6.45) is -0.774. The zero-order chi connectivity index (χ0) is 33.6. The summed E-state index contributed by atoms with van der Waals surface area (Å²) in [6, 6.07) is 5.64. The molecule has 0 aliphatic rings. The summed E-state index contributed by atoms with van der Waals surface area (Å²) >= 11 is 0. The molecule has 11 heteroatoms. The molecule has 5 N–H and O–H groups in total. The summed E-state index contributed by atoms with van der Waals surface area (Å²) in [5.41, 5.74) is 0.828. The van der Waals surface area contributed by atoms with E-state index in [1.165, 1.54) is 7.11 Å². The fourth-order valence-electron chi connectivity index (χ4n) is 4.78. The van der Waals surface area contributed by atoms with Gasteiger partial charge in [0, 0.05) is 12.8 Å². The number of aliphatic hydroxyl groups excluding tert-OH is 1. The van der Waals surface area contributed by atoms with Gasteiger partial charge in [-0.05, 0) is 35.7 Å². The lowest BCUT2D eigenvalue weighted by molar-refractivity contribution is -0.145. The molecular formula is C33H54N4O7. The summed E-state index contributed by atoms with van der Waals surface area (Å²) in [6.45, 7) is 14.9. The number of hydrogen-bond acceptors (Lipinski definition) is 7. The van der Waals surface area contributed by atoms with Crippen LogP contribution in [0.2, 0.25) is 0 Å². The van der Waals surface area contributed by atoms with Crippen LogP contribution in [-0.4, -0.2) is 72.1 Å². The number of esters is 1. The SMILES string of the molecule is COC(=O)[C@H](Cc1ccccc1)NC(=O)C[C@H](O)[C@H](CC(C)C)NC(=O)[C@@H](NC(=O)[C@@H](NC(=O)CC(C)C)C(C)C)C(C)C. The minimum absolute atomic E-state index is 0.0625. The maximum absolute atomic E-state index is 13.5. The van der Waals surface area contributed by atoms with Crippen LogP contribution < -0.4 is 21.3 Å². The minimum Gasteiger partial charge on any atom is -0.467 e. The Labute approximate surface area is 262 Å². The Bertz CT molecular complexity index is 1080. The third-order valence-electron chi connectivity index (χ3n) is 7.12. The molecule has 1 aromatic rings. The highest BCUT2D eigenvalue weighted by Gasteiger charge is 2.33. The average molecular weight is 619 g/mol. The number of amides is 4. The van der Waals surface area contributed by atoms with Crippen LogP contribution in [0.15, 0.2) is 30.3 Å². The van der Waals surface area contributed by atoms with Crippen molar-refractivity contribution in [2.45, 2.75) is 111 Å². The smallest absolute Gasteiger partial charge is 0.328 e. The van der Waals surface area contributed by atoms with Crippen LogP contribution in [0.3, 0.4) is 0 Å². The van der Waals surface area contributed by atoms with Gasteiger partial charge >= 0.3 is 5.97 Å². The summed E-state index contributed by atoms with van der Waals surface area (Å²) in [5.74, 6) is -2.74. The zero-order valence-corrected chi connectivity index (χ0v) is 27.8. The van der Waals surface area contributed by atoms with Crippen molar-refractivity contribution in [1.29, 1.82) is 0 Å². The van der Waals surface area contributed by atoms with Crippen molar-refractivity contribution >= 4 is 29.6 Å². The molecule has 0 aromatic heterocycles. The number of hydrogen-bond donors (Lipinski definition) is 5. The fraction of sp³-hybridized carbons (Fsp3) is 0.667. The first kappa shape index (κ1) is 38.6. The van der Waals surface area contributed by atoms with Gasteiger partial charge in [-0.15, -0.1) is 0 Å². The molecule has 248 valence electrons. The highest BCUT2D eigenvalue weighted by molar-refractivity contribution is 5.92. The van der Waals surface area contributed by atoms with Crippen LogP contribution in [0, 0.1) is 23.7 Å². The van der Waals surface area contributed by atoms with E-state index in [1.54, 1.807) is 13.8 Å². The first-order valence-corrected chi connectivity index (χ1v) is 15.5. The number of aliphatic hydroxyl groups is 1. The van der Waals surface area contributed by atoms with Crippen LogP contribution >= 0.6 is 0 Å². The number of carbonyl (C=O) groups excluding carboxylic acids is 5. The Balaban J connectivity index is 3.00. The van der Waals surface area contributed by atoms with E-state index >= 15 is 0 Å². The summed E-state index contributed by atoms with van der Waals surface area (Å²) in [7, 11) is 1.24. The van der Waals surface area contributed by atoms with Gasteiger partial charge in [-0.3, -0.25) is 19.2 Å². The van der Waals surface area contributed by atoms with Gasteiger partial charge in [-0.2, -0.15) is 0 Å². The van der Waals surface area contributed by atoms with Crippen molar-refractivity contribution in [3.8, 4) is 0 Å². The number of nitrogens with one attached hydrogen (secondary N) is 4. The molecule has 4 amide bonds. The van der Waals surface area contributed by atoms with Crippen LogP contribution in [-0.2, 0) is 35.1 Å². The predicted octanol–water partition coefficient (Wildman–Crippen LogP) is 2.50. The first-order chi connectivity index (χ1) is 20.5. The van der Waals surface area contributed by atoms with Gasteiger partial charge in [-0.25, -0.2) is 4.79 Å². The quantitative estimate of drug-likeness (QED) is 0.158. The minimum atomic E-state index is -1.27. The molecule has 0 aliphatic heterocycles. The number of rotatable bonds is 18. The van der Waals surface area contributed by atoms with Crippen LogP contribution in [0.1, 0.15) is 80.2 Å². The lowest BCUT2D eigenvalue weighted by atomic mass is 9.95. The first-order valence-electron chi connectivity index (χ1n) is 15.5. The molecule has 0 bridgehead atoms. The third kappa shape index (κ3) is 13.9. The normalized spacial score (nSPS) is 14.9. The molecule has 0 radical (unpaired) electrons. The van der Waals surface area contributed by atoms with Crippen molar-refractivity contribution in [3.05, 3.63) is 35.9 Å². The molecule has 0 fully saturated rings. The van der Waals surface area contributed by atoms with Crippen LogP contribution in [0.5, 0.6) is 0 Å². The molecule has 0 aliphatic carbocycles. The van der Waals surface area contributed by atoms with E-state index in [0.29, 0.717) is 6.42 Å². The van der Waals surface area contributed by atoms with E-state index in [1.807, 2.05) is 71.9 Å². The second-order valence-corrected chi connectivity index (χ2v) is 13.0. The Kier molecular flexibility index (Phi) is 16.7. The van der Waals surface area contributed by atoms with E-state index < -0.39 is 54.0 Å². The summed E-state index contributed by atoms with van der Waals surface area (Å²) in [5, 5.41) is 22.1. The van der Waals surface area contributed by atoms with E-state index in [0.717, 1.165) is 5.56 Å². The second kappa shape index (κ2) is 19.0. The van der Waals surface area contributed by atoms with Crippen molar-refractivity contribution < 1.29 is 33.8 Å². The van der Waals surface area contributed by atoms with E-state index in [4.69, 9.17) is 4.74 Å².